The number of nitrogens with one attached hydrogen (secondary N) is 1. The van der Waals surface area contributed by atoms with Crippen LogP contribution in [-0.4, -0.2) is 30.3 Å². The minimum Gasteiger partial charge on any atom is -0.399 e. The zero-order chi connectivity index (χ0) is 16.8. The molecule has 124 valence electrons. The Morgan fingerprint density at radius 2 is 1.74 bits per heavy atom. The predicted octanol–water partition coefficient (Wildman–Crippen LogP) is 2.58. The van der Waals surface area contributed by atoms with Gasteiger partial charge in [0.05, 0.1) is 11.2 Å². The van der Waals surface area contributed by atoms with Crippen LogP contribution in [0.15, 0.2) is 18.2 Å². The first kappa shape index (κ1) is 16.5. The third-order valence-electron chi connectivity index (χ3n) is 5.33. The van der Waals surface area contributed by atoms with E-state index in [1.54, 1.807) is 0 Å². The molecule has 1 aromatic rings. The van der Waals surface area contributed by atoms with E-state index in [1.165, 1.54) is 6.42 Å². The van der Waals surface area contributed by atoms with Gasteiger partial charge in [0, 0.05) is 11.6 Å². The zero-order valence-corrected chi connectivity index (χ0v) is 14.7. The fourth-order valence-electron chi connectivity index (χ4n) is 2.88. The largest absolute Gasteiger partial charge is 0.494 e. The van der Waals surface area contributed by atoms with Gasteiger partial charge in [-0.05, 0) is 71.5 Å². The normalized spacial score (nSPS) is 22.7. The highest BCUT2D eigenvalue weighted by Gasteiger charge is 2.51. The molecule has 0 aromatic heterocycles. The van der Waals surface area contributed by atoms with Crippen LogP contribution in [0.2, 0.25) is 0 Å². The lowest BCUT2D eigenvalue weighted by Gasteiger charge is -2.32. The van der Waals surface area contributed by atoms with E-state index in [0.717, 1.165) is 23.9 Å². The molecule has 2 fully saturated rings. The van der Waals surface area contributed by atoms with Gasteiger partial charge < -0.3 is 14.6 Å². The molecule has 1 saturated heterocycles. The van der Waals surface area contributed by atoms with Crippen LogP contribution < -0.4 is 10.8 Å². The van der Waals surface area contributed by atoms with Crippen molar-refractivity contribution in [2.45, 2.75) is 71.1 Å². The summed E-state index contributed by atoms with van der Waals surface area (Å²) in [5, 5.41) is 3.09. The maximum atomic E-state index is 12.4. The van der Waals surface area contributed by atoms with Gasteiger partial charge in [0.15, 0.2) is 0 Å². The molecule has 1 amide bonds. The van der Waals surface area contributed by atoms with Crippen LogP contribution >= 0.6 is 0 Å². The summed E-state index contributed by atoms with van der Waals surface area (Å²) in [6, 6.07) is 6.18. The summed E-state index contributed by atoms with van der Waals surface area (Å²) in [7, 11) is -0.435. The molecule has 1 saturated carbocycles. The number of carbonyl (C=O) groups is 1. The van der Waals surface area contributed by atoms with Crippen molar-refractivity contribution >= 4 is 18.5 Å². The Bertz CT molecular complexity index is 607. The van der Waals surface area contributed by atoms with Gasteiger partial charge in [-0.15, -0.1) is 0 Å². The molecule has 4 nitrogen and oxygen atoms in total. The second-order valence-corrected chi connectivity index (χ2v) is 7.82. The highest BCUT2D eigenvalue weighted by atomic mass is 16.7. The molecule has 5 heteroatoms. The number of aryl methyl sites for hydroxylation is 1. The summed E-state index contributed by atoms with van der Waals surface area (Å²) >= 11 is 0. The number of carbonyl (C=O) groups excluding carboxylic acids is 1. The van der Waals surface area contributed by atoms with Crippen molar-refractivity contribution in [2.75, 3.05) is 0 Å². The van der Waals surface area contributed by atoms with E-state index < -0.39 is 7.12 Å². The quantitative estimate of drug-likeness (QED) is 0.872. The number of hydrogen-bond acceptors (Lipinski definition) is 3. The summed E-state index contributed by atoms with van der Waals surface area (Å²) in [6.45, 7) is 10.1. The monoisotopic (exact) mass is 315 g/mol. The van der Waals surface area contributed by atoms with Gasteiger partial charge in [0.2, 0.25) is 0 Å². The van der Waals surface area contributed by atoms with Crippen molar-refractivity contribution in [1.82, 2.24) is 5.32 Å². The summed E-state index contributed by atoms with van der Waals surface area (Å²) in [6.07, 6.45) is 3.38. The van der Waals surface area contributed by atoms with Crippen molar-refractivity contribution in [3.63, 3.8) is 0 Å². The van der Waals surface area contributed by atoms with Crippen molar-refractivity contribution in [3.05, 3.63) is 29.3 Å². The molecule has 0 spiro atoms. The Hall–Kier alpha value is -1.33. The first-order chi connectivity index (χ1) is 10.7. The van der Waals surface area contributed by atoms with E-state index in [4.69, 9.17) is 9.31 Å². The fourth-order valence-corrected chi connectivity index (χ4v) is 2.88. The van der Waals surface area contributed by atoms with Gasteiger partial charge in [-0.1, -0.05) is 11.6 Å². The number of rotatable bonds is 3. The molecule has 0 radical (unpaired) electrons. The minimum atomic E-state index is -0.435. The number of hydrogen-bond donors (Lipinski definition) is 1. The number of benzene rings is 1. The van der Waals surface area contributed by atoms with Crippen LogP contribution in [0.5, 0.6) is 0 Å². The summed E-state index contributed by atoms with van der Waals surface area (Å²) in [5.74, 6) is -0.00355. The first-order valence-corrected chi connectivity index (χ1v) is 8.46. The van der Waals surface area contributed by atoms with Gasteiger partial charge in [-0.2, -0.15) is 0 Å². The van der Waals surface area contributed by atoms with E-state index in [1.807, 2.05) is 52.8 Å². The third kappa shape index (κ3) is 3.17. The topological polar surface area (TPSA) is 47.6 Å². The molecule has 0 bridgehead atoms. The first-order valence-electron chi connectivity index (χ1n) is 8.46. The van der Waals surface area contributed by atoms with Crippen molar-refractivity contribution < 1.29 is 14.1 Å². The molecular weight excluding hydrogens is 289 g/mol. The molecule has 0 atom stereocenters. The second kappa shape index (κ2) is 5.64. The highest BCUT2D eigenvalue weighted by molar-refractivity contribution is 6.62. The van der Waals surface area contributed by atoms with Crippen molar-refractivity contribution in [1.29, 1.82) is 0 Å². The van der Waals surface area contributed by atoms with Gasteiger partial charge in [0.1, 0.15) is 0 Å². The van der Waals surface area contributed by atoms with E-state index >= 15 is 0 Å². The van der Waals surface area contributed by atoms with E-state index in [-0.39, 0.29) is 17.1 Å². The summed E-state index contributed by atoms with van der Waals surface area (Å²) in [4.78, 5) is 12.4. The van der Waals surface area contributed by atoms with Crippen LogP contribution in [0.3, 0.4) is 0 Å². The Morgan fingerprint density at radius 1 is 1.13 bits per heavy atom. The predicted molar refractivity (Wildman–Crippen MR) is 92.0 cm³/mol. The highest BCUT2D eigenvalue weighted by Crippen LogP contribution is 2.36. The molecule has 1 aliphatic carbocycles. The zero-order valence-electron chi connectivity index (χ0n) is 14.7. The molecule has 1 aromatic carbocycles. The van der Waals surface area contributed by atoms with Crippen LogP contribution in [0.4, 0.5) is 0 Å². The molecule has 1 N–H and O–H groups in total. The van der Waals surface area contributed by atoms with E-state index in [2.05, 4.69) is 5.32 Å². The Morgan fingerprint density at radius 3 is 2.26 bits per heavy atom. The lowest BCUT2D eigenvalue weighted by Crippen LogP contribution is -2.41. The molecule has 0 unspecified atom stereocenters. The molecule has 3 rings (SSSR count). The third-order valence-corrected chi connectivity index (χ3v) is 5.33. The molecule has 23 heavy (non-hydrogen) atoms. The second-order valence-electron chi connectivity index (χ2n) is 7.82. The van der Waals surface area contributed by atoms with Crippen LogP contribution in [0, 0.1) is 6.92 Å². The Balaban J connectivity index is 1.82. The number of amides is 1. The summed E-state index contributed by atoms with van der Waals surface area (Å²) < 4.78 is 12.2. The maximum Gasteiger partial charge on any atom is 0.494 e. The minimum absolute atomic E-state index is 0.00355. The molecule has 2 aliphatic rings. The fraction of sp³-hybridized carbons (Fsp3) is 0.611. The van der Waals surface area contributed by atoms with E-state index in [9.17, 15) is 4.79 Å². The average molecular weight is 315 g/mol. The average Bonchev–Trinajstić information content (AvgIpc) is 2.62. The lowest BCUT2D eigenvalue weighted by atomic mass is 9.77. The summed E-state index contributed by atoms with van der Waals surface area (Å²) in [5.41, 5.74) is 1.87. The van der Waals surface area contributed by atoms with Crippen LogP contribution in [0.25, 0.3) is 0 Å². The van der Waals surface area contributed by atoms with Crippen molar-refractivity contribution in [2.24, 2.45) is 0 Å². The molecular formula is C18H26BNO3. The van der Waals surface area contributed by atoms with E-state index in [0.29, 0.717) is 11.6 Å². The standard InChI is InChI=1S/C18H26BNO3/c1-12-9-13(16(21)20-15-7-6-8-15)11-14(10-12)19-22-17(2,3)18(4,5)23-19/h9-11,15H,6-8H2,1-5H3,(H,20,21). The molecule has 1 heterocycles. The van der Waals surface area contributed by atoms with Gasteiger partial charge in [0.25, 0.3) is 5.91 Å². The SMILES string of the molecule is Cc1cc(B2OC(C)(C)C(C)(C)O2)cc(C(=O)NC2CCC2)c1. The van der Waals surface area contributed by atoms with Gasteiger partial charge >= 0.3 is 7.12 Å². The Labute approximate surface area is 139 Å². The Kier molecular flexibility index (Phi) is 4.05. The van der Waals surface area contributed by atoms with Crippen LogP contribution in [-0.2, 0) is 9.31 Å². The lowest BCUT2D eigenvalue weighted by molar-refractivity contribution is 0.00578. The van der Waals surface area contributed by atoms with Gasteiger partial charge in [-0.3, -0.25) is 4.79 Å². The molecule has 1 aliphatic heterocycles. The van der Waals surface area contributed by atoms with Crippen LogP contribution in [0.1, 0.15) is 62.9 Å². The van der Waals surface area contributed by atoms with Gasteiger partial charge in [-0.25, -0.2) is 0 Å². The van der Waals surface area contributed by atoms with Crippen molar-refractivity contribution in [3.8, 4) is 0 Å². The maximum absolute atomic E-state index is 12.4. The smallest absolute Gasteiger partial charge is 0.399 e.